The number of hydrogen-bond acceptors (Lipinski definition) is 2. The molecule has 4 atom stereocenters. The average molecular weight is 252 g/mol. The van der Waals surface area contributed by atoms with Crippen molar-refractivity contribution in [3.05, 3.63) is 0 Å². The molecule has 0 aromatic rings. The predicted molar refractivity (Wildman–Crippen MR) is 74.0 cm³/mol. The van der Waals surface area contributed by atoms with Crippen LogP contribution in [0.1, 0.15) is 59.3 Å². The van der Waals surface area contributed by atoms with E-state index < -0.39 is 0 Å². The van der Waals surface area contributed by atoms with E-state index in [2.05, 4.69) is 26.1 Å². The van der Waals surface area contributed by atoms with Crippen molar-refractivity contribution >= 4 is 5.91 Å². The molecular weight excluding hydrogens is 224 g/mol. The second kappa shape index (κ2) is 5.20. The highest BCUT2D eigenvalue weighted by Crippen LogP contribution is 2.37. The zero-order valence-electron chi connectivity index (χ0n) is 12.0. The third kappa shape index (κ3) is 2.56. The molecule has 0 spiro atoms. The maximum atomic E-state index is 12.5. The molecule has 3 N–H and O–H groups in total. The second-order valence-electron chi connectivity index (χ2n) is 6.67. The smallest absolute Gasteiger partial charge is 0.223 e. The van der Waals surface area contributed by atoms with Crippen LogP contribution in [-0.2, 0) is 4.79 Å². The summed E-state index contributed by atoms with van der Waals surface area (Å²) in [5, 5.41) is 3.32. The summed E-state index contributed by atoms with van der Waals surface area (Å²) < 4.78 is 0. The minimum atomic E-state index is 0.115. The quantitative estimate of drug-likeness (QED) is 0.810. The van der Waals surface area contributed by atoms with Gasteiger partial charge in [-0.05, 0) is 50.4 Å². The molecule has 3 nitrogen and oxygen atoms in total. The van der Waals surface area contributed by atoms with Gasteiger partial charge in [0.1, 0.15) is 0 Å². The minimum absolute atomic E-state index is 0.115. The third-order valence-electron chi connectivity index (χ3n) is 5.40. The van der Waals surface area contributed by atoms with Crippen LogP contribution < -0.4 is 11.1 Å². The van der Waals surface area contributed by atoms with Gasteiger partial charge in [-0.2, -0.15) is 0 Å². The largest absolute Gasteiger partial charge is 0.350 e. The summed E-state index contributed by atoms with van der Waals surface area (Å²) >= 11 is 0. The number of hydrogen-bond donors (Lipinski definition) is 2. The van der Waals surface area contributed by atoms with Crippen molar-refractivity contribution in [2.45, 2.75) is 70.9 Å². The maximum absolute atomic E-state index is 12.5. The van der Waals surface area contributed by atoms with Gasteiger partial charge < -0.3 is 11.1 Å². The molecular formula is C15H28N2O. The van der Waals surface area contributed by atoms with Crippen molar-refractivity contribution < 1.29 is 4.79 Å². The lowest BCUT2D eigenvalue weighted by Crippen LogP contribution is -2.56. The fourth-order valence-electron chi connectivity index (χ4n) is 3.57. The van der Waals surface area contributed by atoms with E-state index in [0.717, 1.165) is 32.1 Å². The molecule has 2 aliphatic rings. The molecule has 2 fully saturated rings. The van der Waals surface area contributed by atoms with Crippen LogP contribution in [0.5, 0.6) is 0 Å². The molecule has 0 aromatic heterocycles. The van der Waals surface area contributed by atoms with Gasteiger partial charge in [-0.1, -0.05) is 20.8 Å². The van der Waals surface area contributed by atoms with Crippen molar-refractivity contribution in [1.29, 1.82) is 0 Å². The SMILES string of the molecule is CCC1(NC(=O)C2CC(N)C(C)CC2C)CCC1. The molecule has 0 aliphatic heterocycles. The Kier molecular flexibility index (Phi) is 4.00. The second-order valence-corrected chi connectivity index (χ2v) is 6.67. The minimum Gasteiger partial charge on any atom is -0.350 e. The third-order valence-corrected chi connectivity index (χ3v) is 5.40. The van der Waals surface area contributed by atoms with Crippen LogP contribution >= 0.6 is 0 Å². The summed E-state index contributed by atoms with van der Waals surface area (Å²) in [6.07, 6.45) is 6.55. The van der Waals surface area contributed by atoms with Gasteiger partial charge in [0.2, 0.25) is 5.91 Å². The standard InChI is InChI=1S/C15H28N2O/c1-4-15(6-5-7-15)17-14(18)12-9-13(16)11(3)8-10(12)2/h10-13H,4-9,16H2,1-3H3,(H,17,18). The van der Waals surface area contributed by atoms with Crippen molar-refractivity contribution in [1.82, 2.24) is 5.32 Å². The Bertz CT molecular complexity index is 306. The Morgan fingerprint density at radius 1 is 1.28 bits per heavy atom. The molecule has 0 heterocycles. The van der Waals surface area contributed by atoms with Crippen LogP contribution in [0.4, 0.5) is 0 Å². The molecule has 0 bridgehead atoms. The Hall–Kier alpha value is -0.570. The number of carbonyl (C=O) groups excluding carboxylic acids is 1. The van der Waals surface area contributed by atoms with Crippen LogP contribution in [0.3, 0.4) is 0 Å². The molecule has 0 saturated heterocycles. The fraction of sp³-hybridized carbons (Fsp3) is 0.933. The first-order chi connectivity index (χ1) is 8.47. The Labute approximate surface area is 111 Å². The van der Waals surface area contributed by atoms with Crippen LogP contribution in [0.15, 0.2) is 0 Å². The molecule has 2 aliphatic carbocycles. The highest BCUT2D eigenvalue weighted by Gasteiger charge is 2.41. The van der Waals surface area contributed by atoms with Gasteiger partial charge in [0.15, 0.2) is 0 Å². The summed E-state index contributed by atoms with van der Waals surface area (Å²) in [4.78, 5) is 12.5. The topological polar surface area (TPSA) is 55.1 Å². The van der Waals surface area contributed by atoms with Crippen LogP contribution in [0, 0.1) is 17.8 Å². The lowest BCUT2D eigenvalue weighted by atomic mass is 9.71. The Balaban J connectivity index is 1.96. The molecule has 4 unspecified atom stereocenters. The van der Waals surface area contributed by atoms with Gasteiger partial charge >= 0.3 is 0 Å². The molecule has 1 amide bonds. The van der Waals surface area contributed by atoms with E-state index in [1.54, 1.807) is 0 Å². The van der Waals surface area contributed by atoms with Gasteiger partial charge in [-0.3, -0.25) is 4.79 Å². The summed E-state index contributed by atoms with van der Waals surface area (Å²) in [7, 11) is 0. The van der Waals surface area contributed by atoms with Gasteiger partial charge in [-0.15, -0.1) is 0 Å². The molecule has 2 saturated carbocycles. The normalized spacial score (nSPS) is 38.9. The van der Waals surface area contributed by atoms with E-state index in [1.165, 1.54) is 6.42 Å². The zero-order valence-corrected chi connectivity index (χ0v) is 12.0. The molecule has 0 radical (unpaired) electrons. The Morgan fingerprint density at radius 2 is 1.94 bits per heavy atom. The van der Waals surface area contributed by atoms with Crippen LogP contribution in [-0.4, -0.2) is 17.5 Å². The maximum Gasteiger partial charge on any atom is 0.223 e. The van der Waals surface area contributed by atoms with Gasteiger partial charge in [0.25, 0.3) is 0 Å². The number of nitrogens with one attached hydrogen (secondary N) is 1. The molecule has 18 heavy (non-hydrogen) atoms. The molecule has 3 heteroatoms. The highest BCUT2D eigenvalue weighted by molar-refractivity contribution is 5.80. The average Bonchev–Trinajstić information content (AvgIpc) is 2.28. The summed E-state index contributed by atoms with van der Waals surface area (Å²) in [5.41, 5.74) is 6.25. The van der Waals surface area contributed by atoms with E-state index in [9.17, 15) is 4.79 Å². The molecule has 0 aromatic carbocycles. The first-order valence-corrected chi connectivity index (χ1v) is 7.55. The number of rotatable bonds is 3. The van der Waals surface area contributed by atoms with Crippen molar-refractivity contribution in [3.63, 3.8) is 0 Å². The number of amides is 1. The first-order valence-electron chi connectivity index (χ1n) is 7.55. The van der Waals surface area contributed by atoms with Crippen LogP contribution in [0.25, 0.3) is 0 Å². The van der Waals surface area contributed by atoms with E-state index in [-0.39, 0.29) is 23.4 Å². The van der Waals surface area contributed by atoms with E-state index in [4.69, 9.17) is 5.73 Å². The number of carbonyl (C=O) groups is 1. The molecule has 104 valence electrons. The predicted octanol–water partition coefficient (Wildman–Crippen LogP) is 2.44. The first kappa shape index (κ1) is 13.9. The number of nitrogens with two attached hydrogens (primary N) is 1. The van der Waals surface area contributed by atoms with Gasteiger partial charge in [0.05, 0.1) is 0 Å². The summed E-state index contributed by atoms with van der Waals surface area (Å²) in [6, 6.07) is 0.191. The fourth-order valence-corrected chi connectivity index (χ4v) is 3.57. The van der Waals surface area contributed by atoms with Crippen molar-refractivity contribution in [3.8, 4) is 0 Å². The van der Waals surface area contributed by atoms with Gasteiger partial charge in [-0.25, -0.2) is 0 Å². The summed E-state index contributed by atoms with van der Waals surface area (Å²) in [6.45, 7) is 6.58. The van der Waals surface area contributed by atoms with Crippen molar-refractivity contribution in [2.24, 2.45) is 23.5 Å². The van der Waals surface area contributed by atoms with Crippen molar-refractivity contribution in [2.75, 3.05) is 0 Å². The highest BCUT2D eigenvalue weighted by atomic mass is 16.2. The monoisotopic (exact) mass is 252 g/mol. The van der Waals surface area contributed by atoms with Crippen LogP contribution in [0.2, 0.25) is 0 Å². The zero-order chi connectivity index (χ0) is 13.3. The molecule has 2 rings (SSSR count). The lowest BCUT2D eigenvalue weighted by molar-refractivity contribution is -0.131. The van der Waals surface area contributed by atoms with E-state index in [1.807, 2.05) is 0 Å². The lowest BCUT2D eigenvalue weighted by Gasteiger charge is -2.44. The van der Waals surface area contributed by atoms with E-state index in [0.29, 0.717) is 11.8 Å². The Morgan fingerprint density at radius 3 is 2.44 bits per heavy atom. The summed E-state index contributed by atoms with van der Waals surface area (Å²) in [5.74, 6) is 1.40. The van der Waals surface area contributed by atoms with Gasteiger partial charge in [0, 0.05) is 17.5 Å². The van der Waals surface area contributed by atoms with E-state index >= 15 is 0 Å².